The molecule has 0 amide bonds. The van der Waals surface area contributed by atoms with Crippen molar-refractivity contribution in [3.63, 3.8) is 0 Å². The van der Waals surface area contributed by atoms with Crippen LogP contribution in [0.1, 0.15) is 15.9 Å². The highest BCUT2D eigenvalue weighted by Crippen LogP contribution is 2.38. The maximum Gasteiger partial charge on any atom is 0.231 e. The minimum absolute atomic E-state index is 0.100. The summed E-state index contributed by atoms with van der Waals surface area (Å²) in [5.74, 6) is 0.530. The molecule has 3 aromatic rings. The molecule has 2 heterocycles. The van der Waals surface area contributed by atoms with Crippen LogP contribution in [0.4, 0.5) is 0 Å². The van der Waals surface area contributed by atoms with Crippen LogP contribution >= 0.6 is 11.3 Å². The molecular weight excluding hydrogens is 312 g/mol. The molecule has 1 aromatic heterocycles. The maximum absolute atomic E-state index is 12.4. The van der Waals surface area contributed by atoms with Crippen LogP contribution in [0, 0.1) is 0 Å². The van der Waals surface area contributed by atoms with Gasteiger partial charge >= 0.3 is 0 Å². The van der Waals surface area contributed by atoms with E-state index in [0.717, 1.165) is 10.9 Å². The average molecular weight is 324 g/mol. The Morgan fingerprint density at radius 1 is 1.17 bits per heavy atom. The number of rotatable bonds is 3. The number of hydrogen-bond donors (Lipinski definition) is 1. The zero-order valence-corrected chi connectivity index (χ0v) is 12.8. The molecule has 4 nitrogen and oxygen atoms in total. The van der Waals surface area contributed by atoms with E-state index in [9.17, 15) is 9.90 Å². The number of hydrogen-bond acceptors (Lipinski definition) is 5. The van der Waals surface area contributed by atoms with Gasteiger partial charge in [-0.3, -0.25) is 4.79 Å². The number of fused-ring (bicyclic) bond motifs is 2. The molecule has 0 saturated heterocycles. The van der Waals surface area contributed by atoms with Crippen molar-refractivity contribution in [1.82, 2.24) is 0 Å². The first-order valence-corrected chi connectivity index (χ1v) is 7.91. The largest absolute Gasteiger partial charge is 0.507 e. The Morgan fingerprint density at radius 2 is 1.96 bits per heavy atom. The summed E-state index contributed by atoms with van der Waals surface area (Å²) >= 11 is 1.63. The van der Waals surface area contributed by atoms with E-state index in [2.05, 4.69) is 0 Å². The predicted molar refractivity (Wildman–Crippen MR) is 89.4 cm³/mol. The van der Waals surface area contributed by atoms with E-state index in [1.165, 1.54) is 22.9 Å². The second kappa shape index (κ2) is 5.44. The summed E-state index contributed by atoms with van der Waals surface area (Å²) in [6.07, 6.45) is 3.23. The molecular formula is C18H12O4S. The van der Waals surface area contributed by atoms with Gasteiger partial charge in [0.2, 0.25) is 6.79 Å². The Labute approximate surface area is 136 Å². The lowest BCUT2D eigenvalue weighted by molar-refractivity contribution is 0.104. The minimum atomic E-state index is -0.281. The second-order valence-electron chi connectivity index (χ2n) is 5.11. The number of ether oxygens (including phenoxy) is 2. The SMILES string of the molecule is O=C(/C=C/c1csc2ccccc12)c1cc2c(cc1O)OCO2. The third kappa shape index (κ3) is 2.45. The van der Waals surface area contributed by atoms with Crippen LogP contribution in [0.2, 0.25) is 0 Å². The van der Waals surface area contributed by atoms with Crippen LogP contribution in [-0.2, 0) is 0 Å². The van der Waals surface area contributed by atoms with E-state index in [4.69, 9.17) is 9.47 Å². The number of phenolic OH excluding ortho intramolecular Hbond substituents is 1. The zero-order chi connectivity index (χ0) is 15.8. The number of carbonyl (C=O) groups is 1. The summed E-state index contributed by atoms with van der Waals surface area (Å²) in [5, 5.41) is 13.1. The number of benzene rings is 2. The van der Waals surface area contributed by atoms with E-state index in [1.807, 2.05) is 29.6 Å². The van der Waals surface area contributed by atoms with E-state index in [1.54, 1.807) is 17.4 Å². The number of thiophene rings is 1. The Kier molecular flexibility index (Phi) is 3.28. The summed E-state index contributed by atoms with van der Waals surface area (Å²) in [4.78, 5) is 12.4. The lowest BCUT2D eigenvalue weighted by Gasteiger charge is -2.03. The molecule has 0 unspecified atom stereocenters. The summed E-state index contributed by atoms with van der Waals surface area (Å²) < 4.78 is 11.6. The Balaban J connectivity index is 1.65. The van der Waals surface area contributed by atoms with Crippen LogP contribution < -0.4 is 9.47 Å². The van der Waals surface area contributed by atoms with E-state index in [-0.39, 0.29) is 23.9 Å². The van der Waals surface area contributed by atoms with Crippen molar-refractivity contribution in [2.45, 2.75) is 0 Å². The first-order chi connectivity index (χ1) is 11.2. The zero-order valence-electron chi connectivity index (χ0n) is 12.0. The molecule has 114 valence electrons. The third-order valence-corrected chi connectivity index (χ3v) is 4.66. The molecule has 0 atom stereocenters. The monoisotopic (exact) mass is 324 g/mol. The van der Waals surface area contributed by atoms with Crippen molar-refractivity contribution in [1.29, 1.82) is 0 Å². The summed E-state index contributed by atoms with van der Waals surface area (Å²) in [5.41, 5.74) is 1.18. The lowest BCUT2D eigenvalue weighted by atomic mass is 10.1. The van der Waals surface area contributed by atoms with Crippen LogP contribution in [0.25, 0.3) is 16.2 Å². The first-order valence-electron chi connectivity index (χ1n) is 7.03. The van der Waals surface area contributed by atoms with Crippen molar-refractivity contribution in [3.05, 3.63) is 59.0 Å². The predicted octanol–water partition coefficient (Wildman–Crippen LogP) is 4.23. The molecule has 0 spiro atoms. The Hall–Kier alpha value is -2.79. The van der Waals surface area contributed by atoms with E-state index in [0.29, 0.717) is 11.5 Å². The van der Waals surface area contributed by atoms with Crippen molar-refractivity contribution in [3.8, 4) is 17.2 Å². The van der Waals surface area contributed by atoms with Crippen LogP contribution in [-0.4, -0.2) is 17.7 Å². The van der Waals surface area contributed by atoms with E-state index < -0.39 is 0 Å². The van der Waals surface area contributed by atoms with Gasteiger partial charge in [-0.25, -0.2) is 0 Å². The highest BCUT2D eigenvalue weighted by Gasteiger charge is 2.19. The Morgan fingerprint density at radius 3 is 2.83 bits per heavy atom. The number of ketones is 1. The van der Waals surface area contributed by atoms with Crippen molar-refractivity contribution in [2.24, 2.45) is 0 Å². The first kappa shape index (κ1) is 13.8. The fraction of sp³-hybridized carbons (Fsp3) is 0.0556. The van der Waals surface area contributed by atoms with Gasteiger partial charge in [0.1, 0.15) is 5.75 Å². The van der Waals surface area contributed by atoms with Gasteiger partial charge in [-0.2, -0.15) is 0 Å². The number of aromatic hydroxyl groups is 1. The van der Waals surface area contributed by atoms with Crippen molar-refractivity contribution < 1.29 is 19.4 Å². The molecule has 1 aliphatic rings. The van der Waals surface area contributed by atoms with Gasteiger partial charge in [0.05, 0.1) is 5.56 Å². The van der Waals surface area contributed by atoms with Crippen LogP contribution in [0.15, 0.2) is 47.9 Å². The lowest BCUT2D eigenvalue weighted by Crippen LogP contribution is -1.95. The topological polar surface area (TPSA) is 55.8 Å². The molecule has 0 bridgehead atoms. The molecule has 1 N–H and O–H groups in total. The quantitative estimate of drug-likeness (QED) is 0.578. The van der Waals surface area contributed by atoms with Gasteiger partial charge in [-0.05, 0) is 40.6 Å². The summed E-state index contributed by atoms with van der Waals surface area (Å²) in [6.45, 7) is 0.100. The van der Waals surface area contributed by atoms with Crippen molar-refractivity contribution in [2.75, 3.05) is 6.79 Å². The molecule has 1 aliphatic heterocycles. The van der Waals surface area contributed by atoms with Gasteiger partial charge in [0.15, 0.2) is 17.3 Å². The fourth-order valence-electron chi connectivity index (χ4n) is 2.51. The Bertz CT molecular complexity index is 939. The molecule has 4 rings (SSSR count). The molecule has 0 aliphatic carbocycles. The van der Waals surface area contributed by atoms with Crippen LogP contribution in [0.5, 0.6) is 17.2 Å². The van der Waals surface area contributed by atoms with Gasteiger partial charge in [-0.1, -0.05) is 18.2 Å². The normalized spacial score (nSPS) is 13.0. The summed E-state index contributed by atoms with van der Waals surface area (Å²) in [7, 11) is 0. The second-order valence-corrected chi connectivity index (χ2v) is 6.02. The molecule has 5 heteroatoms. The summed E-state index contributed by atoms with van der Waals surface area (Å²) in [6, 6.07) is 10.9. The molecule has 0 saturated carbocycles. The van der Waals surface area contributed by atoms with Gasteiger partial charge in [0, 0.05) is 10.8 Å². The highest BCUT2D eigenvalue weighted by molar-refractivity contribution is 7.17. The highest BCUT2D eigenvalue weighted by atomic mass is 32.1. The standard InChI is InChI=1S/C18H12O4S/c19-14(13-7-16-17(8-15(13)20)22-10-21-16)6-5-11-9-23-18-4-2-1-3-12(11)18/h1-9,20H,10H2/b6-5+. The minimum Gasteiger partial charge on any atom is -0.507 e. The molecule has 0 radical (unpaired) electrons. The molecule has 0 fully saturated rings. The average Bonchev–Trinajstić information content (AvgIpc) is 3.18. The van der Waals surface area contributed by atoms with Crippen molar-refractivity contribution >= 4 is 33.3 Å². The van der Waals surface area contributed by atoms with E-state index >= 15 is 0 Å². The number of carbonyl (C=O) groups excluding carboxylic acids is 1. The van der Waals surface area contributed by atoms with Gasteiger partial charge in [0.25, 0.3) is 0 Å². The number of allylic oxidation sites excluding steroid dienone is 1. The van der Waals surface area contributed by atoms with Gasteiger partial charge < -0.3 is 14.6 Å². The smallest absolute Gasteiger partial charge is 0.231 e. The third-order valence-electron chi connectivity index (χ3n) is 3.68. The molecule has 23 heavy (non-hydrogen) atoms. The molecule has 2 aromatic carbocycles. The fourth-order valence-corrected chi connectivity index (χ4v) is 3.44. The van der Waals surface area contributed by atoms with Crippen LogP contribution in [0.3, 0.4) is 0 Å². The van der Waals surface area contributed by atoms with Gasteiger partial charge in [-0.15, -0.1) is 11.3 Å². The number of phenols is 1. The maximum atomic E-state index is 12.4.